The second-order valence-corrected chi connectivity index (χ2v) is 7.07. The number of piperidine rings is 1. The van der Waals surface area contributed by atoms with Crippen LogP contribution in [0.2, 0.25) is 5.02 Å². The molecule has 0 aromatic heterocycles. The Morgan fingerprint density at radius 2 is 1.96 bits per heavy atom. The molecule has 0 saturated carbocycles. The summed E-state index contributed by atoms with van der Waals surface area (Å²) in [5.41, 5.74) is 2.01. The van der Waals surface area contributed by atoms with E-state index in [0.717, 1.165) is 43.9 Å². The Hall–Kier alpha value is -2.04. The molecule has 3 rings (SSSR count). The lowest BCUT2D eigenvalue weighted by molar-refractivity contribution is -0.121. The number of carbonyl (C=O) groups is 1. The highest BCUT2D eigenvalue weighted by Gasteiger charge is 2.25. The van der Waals surface area contributed by atoms with Gasteiger partial charge in [-0.15, -0.1) is 0 Å². The molecule has 1 amide bonds. The highest BCUT2D eigenvalue weighted by Crippen LogP contribution is 2.23. The van der Waals surface area contributed by atoms with Crippen LogP contribution in [0.4, 0.5) is 5.69 Å². The Kier molecular flexibility index (Phi) is 6.53. The second kappa shape index (κ2) is 9.06. The van der Waals surface area contributed by atoms with Crippen molar-refractivity contribution in [1.82, 2.24) is 4.90 Å². The molecule has 1 N–H and O–H groups in total. The number of nitrogens with zero attached hydrogens (tertiary/aromatic N) is 1. The van der Waals surface area contributed by atoms with Crippen LogP contribution in [0.25, 0.3) is 0 Å². The van der Waals surface area contributed by atoms with E-state index in [0.29, 0.717) is 11.6 Å². The number of halogens is 1. The van der Waals surface area contributed by atoms with Crippen LogP contribution < -0.4 is 10.1 Å². The van der Waals surface area contributed by atoms with Gasteiger partial charge in [-0.3, -0.25) is 9.69 Å². The minimum atomic E-state index is 0.0555. The number of likely N-dealkylation sites (tertiary alicyclic amines) is 1. The number of benzene rings is 2. The molecule has 4 nitrogen and oxygen atoms in total. The molecule has 0 bridgehead atoms. The van der Waals surface area contributed by atoms with E-state index in [-0.39, 0.29) is 11.8 Å². The molecule has 1 heterocycles. The van der Waals surface area contributed by atoms with Crippen LogP contribution >= 0.6 is 11.6 Å². The number of anilines is 1. The van der Waals surface area contributed by atoms with Gasteiger partial charge in [-0.1, -0.05) is 29.8 Å². The molecule has 0 atom stereocenters. The van der Waals surface area contributed by atoms with Crippen LogP contribution in [0.5, 0.6) is 5.75 Å². The third kappa shape index (κ3) is 5.23. The molecular formula is C21H25ClN2O2. The zero-order valence-electron chi connectivity index (χ0n) is 15.1. The molecule has 1 saturated heterocycles. The van der Waals surface area contributed by atoms with Crippen molar-refractivity contribution >= 4 is 23.2 Å². The fourth-order valence-corrected chi connectivity index (χ4v) is 3.51. The molecule has 0 unspecified atom stereocenters. The maximum absolute atomic E-state index is 12.5. The summed E-state index contributed by atoms with van der Waals surface area (Å²) >= 11 is 5.97. The lowest BCUT2D eigenvalue weighted by atomic mass is 9.95. The van der Waals surface area contributed by atoms with Crippen LogP contribution in [-0.4, -0.2) is 30.5 Å². The molecule has 2 aromatic rings. The maximum atomic E-state index is 12.5. The topological polar surface area (TPSA) is 41.6 Å². The fourth-order valence-electron chi connectivity index (χ4n) is 3.32. The number of amides is 1. The minimum absolute atomic E-state index is 0.0555. The SMILES string of the molecule is CCOc1cccc(CN2CCC(C(=O)Nc3cccc(Cl)c3)CC2)c1. The maximum Gasteiger partial charge on any atom is 0.227 e. The number of ether oxygens (including phenoxy) is 1. The average Bonchev–Trinajstić information content (AvgIpc) is 2.63. The van der Waals surface area contributed by atoms with Crippen molar-refractivity contribution in [2.75, 3.05) is 25.0 Å². The lowest BCUT2D eigenvalue weighted by Crippen LogP contribution is -2.37. The van der Waals surface area contributed by atoms with Crippen LogP contribution in [0.15, 0.2) is 48.5 Å². The summed E-state index contributed by atoms with van der Waals surface area (Å²) in [5, 5.41) is 3.61. The zero-order chi connectivity index (χ0) is 18.4. The van der Waals surface area contributed by atoms with Crippen LogP contribution in [0.3, 0.4) is 0 Å². The summed E-state index contributed by atoms with van der Waals surface area (Å²) < 4.78 is 5.57. The van der Waals surface area contributed by atoms with E-state index in [1.54, 1.807) is 12.1 Å². The van der Waals surface area contributed by atoms with E-state index in [1.165, 1.54) is 5.56 Å². The minimum Gasteiger partial charge on any atom is -0.494 e. The highest BCUT2D eigenvalue weighted by atomic mass is 35.5. The standard InChI is InChI=1S/C21H25ClN2O2/c1-2-26-20-8-3-5-16(13-20)15-24-11-9-17(10-12-24)21(25)23-19-7-4-6-18(22)14-19/h3-8,13-14,17H,2,9-12,15H2,1H3,(H,23,25). The van der Waals surface area contributed by atoms with E-state index in [4.69, 9.17) is 16.3 Å². The van der Waals surface area contributed by atoms with Crippen LogP contribution in [0, 0.1) is 5.92 Å². The van der Waals surface area contributed by atoms with Gasteiger partial charge >= 0.3 is 0 Å². The largest absolute Gasteiger partial charge is 0.494 e. The normalized spacial score (nSPS) is 15.6. The van der Waals surface area contributed by atoms with E-state index < -0.39 is 0 Å². The second-order valence-electron chi connectivity index (χ2n) is 6.63. The molecule has 0 spiro atoms. The number of carbonyl (C=O) groups excluding carboxylic acids is 1. The first-order chi connectivity index (χ1) is 12.6. The molecular weight excluding hydrogens is 348 g/mol. The predicted octanol–water partition coefficient (Wildman–Crippen LogP) is 4.59. The molecule has 0 radical (unpaired) electrons. The number of nitrogens with one attached hydrogen (secondary N) is 1. The first-order valence-corrected chi connectivity index (χ1v) is 9.52. The van der Waals surface area contributed by atoms with Crippen molar-refractivity contribution in [2.24, 2.45) is 5.92 Å². The Morgan fingerprint density at radius 3 is 2.69 bits per heavy atom. The lowest BCUT2D eigenvalue weighted by Gasteiger charge is -2.31. The molecule has 1 fully saturated rings. The Balaban J connectivity index is 1.49. The van der Waals surface area contributed by atoms with E-state index in [9.17, 15) is 4.79 Å². The first kappa shape index (κ1) is 18.7. The summed E-state index contributed by atoms with van der Waals surface area (Å²) in [4.78, 5) is 14.9. The molecule has 138 valence electrons. The predicted molar refractivity (Wildman–Crippen MR) is 106 cm³/mol. The zero-order valence-corrected chi connectivity index (χ0v) is 15.8. The molecule has 0 aliphatic carbocycles. The summed E-state index contributed by atoms with van der Waals surface area (Å²) in [6.45, 7) is 5.41. The van der Waals surface area contributed by atoms with Gasteiger partial charge < -0.3 is 10.1 Å². The van der Waals surface area contributed by atoms with Crippen molar-refractivity contribution in [3.63, 3.8) is 0 Å². The molecule has 1 aliphatic heterocycles. The van der Waals surface area contributed by atoms with Gasteiger partial charge in [0.2, 0.25) is 5.91 Å². The molecule has 26 heavy (non-hydrogen) atoms. The molecule has 1 aliphatic rings. The summed E-state index contributed by atoms with van der Waals surface area (Å²) in [7, 11) is 0. The van der Waals surface area contributed by atoms with Crippen LogP contribution in [-0.2, 0) is 11.3 Å². The smallest absolute Gasteiger partial charge is 0.227 e. The molecule has 5 heteroatoms. The third-order valence-electron chi connectivity index (χ3n) is 4.67. The Labute approximate surface area is 160 Å². The van der Waals surface area contributed by atoms with E-state index in [1.807, 2.05) is 31.2 Å². The number of rotatable bonds is 6. The van der Waals surface area contributed by atoms with Gasteiger partial charge in [0.15, 0.2) is 0 Å². The van der Waals surface area contributed by atoms with Crippen molar-refractivity contribution in [3.8, 4) is 5.75 Å². The van der Waals surface area contributed by atoms with Gasteiger partial charge in [0.05, 0.1) is 6.61 Å². The van der Waals surface area contributed by atoms with Crippen LogP contribution in [0.1, 0.15) is 25.3 Å². The first-order valence-electron chi connectivity index (χ1n) is 9.14. The fraction of sp³-hybridized carbons (Fsp3) is 0.381. The third-order valence-corrected chi connectivity index (χ3v) is 4.90. The van der Waals surface area contributed by atoms with Crippen molar-refractivity contribution < 1.29 is 9.53 Å². The van der Waals surface area contributed by atoms with Gasteiger partial charge in [0, 0.05) is 23.2 Å². The summed E-state index contributed by atoms with van der Waals surface area (Å²) in [5.74, 6) is 1.06. The van der Waals surface area contributed by atoms with E-state index >= 15 is 0 Å². The summed E-state index contributed by atoms with van der Waals surface area (Å²) in [6.07, 6.45) is 1.75. The van der Waals surface area contributed by atoms with Gasteiger partial charge in [-0.05, 0) is 68.8 Å². The Morgan fingerprint density at radius 1 is 1.19 bits per heavy atom. The van der Waals surface area contributed by atoms with Gasteiger partial charge in [0.25, 0.3) is 0 Å². The molecule has 2 aromatic carbocycles. The van der Waals surface area contributed by atoms with Crippen molar-refractivity contribution in [2.45, 2.75) is 26.3 Å². The highest BCUT2D eigenvalue weighted by molar-refractivity contribution is 6.30. The quantitative estimate of drug-likeness (QED) is 0.806. The number of hydrogen-bond donors (Lipinski definition) is 1. The van der Waals surface area contributed by atoms with E-state index in [2.05, 4.69) is 22.3 Å². The van der Waals surface area contributed by atoms with Gasteiger partial charge in [-0.2, -0.15) is 0 Å². The Bertz CT molecular complexity index is 742. The van der Waals surface area contributed by atoms with Gasteiger partial charge in [0.1, 0.15) is 5.75 Å². The van der Waals surface area contributed by atoms with Crippen molar-refractivity contribution in [3.05, 3.63) is 59.1 Å². The summed E-state index contributed by atoms with van der Waals surface area (Å²) in [6, 6.07) is 15.5. The van der Waals surface area contributed by atoms with Gasteiger partial charge in [-0.25, -0.2) is 0 Å². The average molecular weight is 373 g/mol. The van der Waals surface area contributed by atoms with Crippen molar-refractivity contribution in [1.29, 1.82) is 0 Å². The monoisotopic (exact) mass is 372 g/mol. The number of hydrogen-bond acceptors (Lipinski definition) is 3.